The smallest absolute Gasteiger partial charge is 0.376 e. The van der Waals surface area contributed by atoms with Crippen LogP contribution in [0.2, 0.25) is 0 Å². The SMILES string of the molecule is CN1CCN(CC(F)(F)C(=O)O)C1=O. The molecule has 0 radical (unpaired) electrons. The van der Waals surface area contributed by atoms with Crippen LogP contribution >= 0.6 is 0 Å². The lowest BCUT2D eigenvalue weighted by atomic mass is 10.3. The predicted octanol–water partition coefficient (Wildman–Crippen LogP) is 0.0737. The molecule has 1 aliphatic rings. The zero-order valence-corrected chi connectivity index (χ0v) is 7.54. The van der Waals surface area contributed by atoms with Gasteiger partial charge in [-0.1, -0.05) is 0 Å². The maximum absolute atomic E-state index is 12.7. The average molecular weight is 208 g/mol. The molecule has 1 fully saturated rings. The summed E-state index contributed by atoms with van der Waals surface area (Å²) in [7, 11) is 1.47. The van der Waals surface area contributed by atoms with Crippen molar-refractivity contribution in [2.75, 3.05) is 26.7 Å². The van der Waals surface area contributed by atoms with Crippen LogP contribution in [0.15, 0.2) is 0 Å². The van der Waals surface area contributed by atoms with Gasteiger partial charge in [0.1, 0.15) is 0 Å². The van der Waals surface area contributed by atoms with Crippen LogP contribution in [-0.2, 0) is 4.79 Å². The third kappa shape index (κ3) is 1.91. The largest absolute Gasteiger partial charge is 0.477 e. The number of nitrogens with zero attached hydrogens (tertiary/aromatic N) is 2. The van der Waals surface area contributed by atoms with Crippen LogP contribution < -0.4 is 0 Å². The number of hydrogen-bond acceptors (Lipinski definition) is 2. The summed E-state index contributed by atoms with van der Waals surface area (Å²) in [5.41, 5.74) is 0. The maximum atomic E-state index is 12.7. The quantitative estimate of drug-likeness (QED) is 0.714. The summed E-state index contributed by atoms with van der Waals surface area (Å²) in [6.07, 6.45) is 0. The van der Waals surface area contributed by atoms with E-state index in [1.54, 1.807) is 0 Å². The van der Waals surface area contributed by atoms with Gasteiger partial charge in [0, 0.05) is 20.1 Å². The van der Waals surface area contributed by atoms with Crippen molar-refractivity contribution in [3.63, 3.8) is 0 Å². The number of carboxylic acids is 1. The van der Waals surface area contributed by atoms with E-state index in [9.17, 15) is 18.4 Å². The summed E-state index contributed by atoms with van der Waals surface area (Å²) in [6, 6.07) is -0.564. The van der Waals surface area contributed by atoms with E-state index in [0.29, 0.717) is 6.54 Å². The minimum atomic E-state index is -3.87. The normalized spacial score (nSPS) is 17.8. The second-order valence-electron chi connectivity index (χ2n) is 3.14. The number of rotatable bonds is 3. The Kier molecular flexibility index (Phi) is 2.59. The van der Waals surface area contributed by atoms with Crippen LogP contribution in [0.5, 0.6) is 0 Å². The van der Waals surface area contributed by atoms with Crippen molar-refractivity contribution < 1.29 is 23.5 Å². The van der Waals surface area contributed by atoms with Crippen molar-refractivity contribution in [3.05, 3.63) is 0 Å². The summed E-state index contributed by atoms with van der Waals surface area (Å²) in [6.45, 7) is -0.585. The zero-order chi connectivity index (χ0) is 10.9. The van der Waals surface area contributed by atoms with Crippen LogP contribution in [0.1, 0.15) is 0 Å². The van der Waals surface area contributed by atoms with E-state index in [-0.39, 0.29) is 6.54 Å². The summed E-state index contributed by atoms with van der Waals surface area (Å²) < 4.78 is 25.4. The third-order valence-electron chi connectivity index (χ3n) is 2.00. The molecule has 2 amide bonds. The number of carboxylic acid groups (broad SMARTS) is 1. The molecule has 0 aromatic rings. The molecule has 0 aromatic heterocycles. The number of aliphatic carboxylic acids is 1. The second-order valence-corrected chi connectivity index (χ2v) is 3.14. The van der Waals surface area contributed by atoms with Crippen molar-refractivity contribution in [3.8, 4) is 0 Å². The van der Waals surface area contributed by atoms with E-state index in [1.807, 2.05) is 0 Å². The fourth-order valence-electron chi connectivity index (χ4n) is 1.16. The molecule has 80 valence electrons. The van der Waals surface area contributed by atoms with Gasteiger partial charge in [0.05, 0.1) is 6.54 Å². The van der Waals surface area contributed by atoms with Crippen molar-refractivity contribution in [2.24, 2.45) is 0 Å². The third-order valence-corrected chi connectivity index (χ3v) is 2.00. The highest BCUT2D eigenvalue weighted by Gasteiger charge is 2.43. The Balaban J connectivity index is 2.62. The van der Waals surface area contributed by atoms with Gasteiger partial charge < -0.3 is 14.9 Å². The van der Waals surface area contributed by atoms with Crippen LogP contribution in [0.4, 0.5) is 13.6 Å². The molecule has 0 bridgehead atoms. The van der Waals surface area contributed by atoms with Crippen molar-refractivity contribution in [1.29, 1.82) is 0 Å². The molecular formula is C7H10F2N2O3. The average Bonchev–Trinajstić information content (AvgIpc) is 2.35. The predicted molar refractivity (Wildman–Crippen MR) is 42.2 cm³/mol. The zero-order valence-electron chi connectivity index (χ0n) is 7.54. The first-order valence-corrected chi connectivity index (χ1v) is 3.96. The van der Waals surface area contributed by atoms with Gasteiger partial charge in [-0.05, 0) is 0 Å². The highest BCUT2D eigenvalue weighted by Crippen LogP contribution is 2.18. The van der Waals surface area contributed by atoms with E-state index in [0.717, 1.165) is 4.90 Å². The van der Waals surface area contributed by atoms with E-state index in [4.69, 9.17) is 5.11 Å². The van der Waals surface area contributed by atoms with Crippen LogP contribution in [-0.4, -0.2) is 59.5 Å². The van der Waals surface area contributed by atoms with Gasteiger partial charge in [-0.3, -0.25) is 0 Å². The standard InChI is InChI=1S/C7H10F2N2O3/c1-10-2-3-11(6(10)14)4-7(8,9)5(12)13/h2-4H2,1H3,(H,12,13). The van der Waals surface area contributed by atoms with E-state index in [2.05, 4.69) is 0 Å². The first-order chi connectivity index (χ1) is 6.34. The molecule has 1 rings (SSSR count). The Morgan fingerprint density at radius 2 is 2.14 bits per heavy atom. The summed E-state index contributed by atoms with van der Waals surface area (Å²) in [5, 5.41) is 8.15. The van der Waals surface area contributed by atoms with Gasteiger partial charge in [-0.15, -0.1) is 0 Å². The molecule has 5 nitrogen and oxygen atoms in total. The Hall–Kier alpha value is -1.40. The fraction of sp³-hybridized carbons (Fsp3) is 0.714. The Bertz CT molecular complexity index is 270. The van der Waals surface area contributed by atoms with E-state index in [1.165, 1.54) is 11.9 Å². The minimum absolute atomic E-state index is 0.137. The molecule has 1 aliphatic heterocycles. The minimum Gasteiger partial charge on any atom is -0.477 e. The lowest BCUT2D eigenvalue weighted by molar-refractivity contribution is -0.166. The Labute approximate surface area is 78.9 Å². The summed E-state index contributed by atoms with van der Waals surface area (Å²) in [5.74, 6) is -6.08. The van der Waals surface area contributed by atoms with Crippen molar-refractivity contribution in [2.45, 2.75) is 5.92 Å². The first-order valence-electron chi connectivity index (χ1n) is 3.96. The van der Waals surface area contributed by atoms with Gasteiger partial charge in [-0.2, -0.15) is 8.78 Å². The molecule has 1 saturated heterocycles. The Morgan fingerprint density at radius 3 is 2.50 bits per heavy atom. The highest BCUT2D eigenvalue weighted by molar-refractivity contribution is 5.79. The molecule has 7 heteroatoms. The van der Waals surface area contributed by atoms with E-state index >= 15 is 0 Å². The molecule has 0 spiro atoms. The highest BCUT2D eigenvalue weighted by atomic mass is 19.3. The maximum Gasteiger partial charge on any atom is 0.376 e. The van der Waals surface area contributed by atoms with Crippen LogP contribution in [0, 0.1) is 0 Å². The number of urea groups is 1. The number of carbonyl (C=O) groups is 2. The molecule has 0 aromatic carbocycles. The molecule has 1 N–H and O–H groups in total. The molecule has 0 unspecified atom stereocenters. The van der Waals surface area contributed by atoms with E-state index < -0.39 is 24.5 Å². The molecule has 0 atom stereocenters. The lowest BCUT2D eigenvalue weighted by Crippen LogP contribution is -2.43. The fourth-order valence-corrected chi connectivity index (χ4v) is 1.16. The Morgan fingerprint density at radius 1 is 1.57 bits per heavy atom. The molecule has 1 heterocycles. The second kappa shape index (κ2) is 3.39. The molecule has 14 heavy (non-hydrogen) atoms. The van der Waals surface area contributed by atoms with Gasteiger partial charge in [0.25, 0.3) is 0 Å². The number of carbonyl (C=O) groups excluding carboxylic acids is 1. The number of hydrogen-bond donors (Lipinski definition) is 1. The van der Waals surface area contributed by atoms with Crippen LogP contribution in [0.25, 0.3) is 0 Å². The summed E-state index contributed by atoms with van der Waals surface area (Å²) in [4.78, 5) is 23.3. The molecule has 0 aliphatic carbocycles. The van der Waals surface area contributed by atoms with Gasteiger partial charge in [0.15, 0.2) is 0 Å². The van der Waals surface area contributed by atoms with Gasteiger partial charge in [0.2, 0.25) is 0 Å². The van der Waals surface area contributed by atoms with Crippen LogP contribution in [0.3, 0.4) is 0 Å². The topological polar surface area (TPSA) is 60.9 Å². The molecule has 0 saturated carbocycles. The van der Waals surface area contributed by atoms with Crippen molar-refractivity contribution in [1.82, 2.24) is 9.80 Å². The van der Waals surface area contributed by atoms with Gasteiger partial charge in [-0.25, -0.2) is 9.59 Å². The van der Waals surface area contributed by atoms with Crippen molar-refractivity contribution >= 4 is 12.0 Å². The monoisotopic (exact) mass is 208 g/mol. The number of alkyl halides is 2. The lowest BCUT2D eigenvalue weighted by Gasteiger charge is -2.19. The van der Waals surface area contributed by atoms with Gasteiger partial charge >= 0.3 is 17.9 Å². The summed E-state index contributed by atoms with van der Waals surface area (Å²) >= 11 is 0. The number of halogens is 2. The number of likely N-dealkylation sites (N-methyl/N-ethyl adjacent to an activating group) is 1. The first kappa shape index (κ1) is 10.7. The molecular weight excluding hydrogens is 198 g/mol. The number of amides is 2.